The van der Waals surface area contributed by atoms with Crippen LogP contribution in [0.1, 0.15) is 43.9 Å². The van der Waals surface area contributed by atoms with E-state index in [4.69, 9.17) is 11.6 Å². The Hall–Kier alpha value is -1.99. The highest BCUT2D eigenvalue weighted by Gasteiger charge is 2.36. The number of amides is 3. The number of rotatable bonds is 9. The minimum atomic E-state index is -3.85. The van der Waals surface area contributed by atoms with E-state index in [1.807, 2.05) is 16.7 Å². The molecule has 2 atom stereocenters. The van der Waals surface area contributed by atoms with E-state index in [1.54, 1.807) is 12.1 Å². The number of piperazine rings is 1. The lowest BCUT2D eigenvalue weighted by molar-refractivity contribution is -0.143. The lowest BCUT2D eigenvalue weighted by atomic mass is 10.1. The molecule has 3 aliphatic heterocycles. The Morgan fingerprint density at radius 1 is 1.08 bits per heavy atom. The number of nitrogens with one attached hydrogen (secondary N) is 1. The number of thiophene rings is 1. The van der Waals surface area contributed by atoms with Gasteiger partial charge in [0.15, 0.2) is 0 Å². The van der Waals surface area contributed by atoms with Crippen LogP contribution in [-0.4, -0.2) is 110 Å². The maximum atomic E-state index is 13.2. The molecule has 3 amide bonds. The number of carbonyl (C=O) groups is 3. The van der Waals surface area contributed by atoms with Crippen molar-refractivity contribution in [3.63, 3.8) is 0 Å². The molecule has 1 aromatic rings. The van der Waals surface area contributed by atoms with Crippen LogP contribution >= 0.6 is 22.9 Å². The fourth-order valence-corrected chi connectivity index (χ4v) is 7.40. The van der Waals surface area contributed by atoms with E-state index < -0.39 is 16.1 Å². The Labute approximate surface area is 233 Å². The third-order valence-electron chi connectivity index (χ3n) is 7.36. The molecule has 38 heavy (non-hydrogen) atoms. The summed E-state index contributed by atoms with van der Waals surface area (Å²) in [6.45, 7) is 6.70. The number of carbonyl (C=O) groups excluding carboxylic acids is 3. The molecule has 0 aliphatic carbocycles. The van der Waals surface area contributed by atoms with Crippen molar-refractivity contribution in [2.24, 2.45) is 0 Å². The van der Waals surface area contributed by atoms with Crippen molar-refractivity contribution in [1.82, 2.24) is 24.3 Å². The molecule has 4 rings (SSSR count). The lowest BCUT2D eigenvalue weighted by Gasteiger charge is -2.38. The van der Waals surface area contributed by atoms with Crippen LogP contribution in [-0.2, 0) is 24.4 Å². The van der Waals surface area contributed by atoms with Crippen LogP contribution in [0.25, 0.3) is 6.08 Å². The maximum Gasteiger partial charge on any atom is 0.242 e. The number of nitrogens with zero attached hydrogens (tertiary/aromatic N) is 4. The maximum absolute atomic E-state index is 13.2. The second-order valence-electron chi connectivity index (χ2n) is 9.98. The normalized spacial score (nSPS) is 23.5. The van der Waals surface area contributed by atoms with Crippen LogP contribution in [0.2, 0.25) is 4.34 Å². The van der Waals surface area contributed by atoms with Crippen molar-refractivity contribution in [2.75, 3.05) is 52.4 Å². The molecule has 3 aliphatic rings. The summed E-state index contributed by atoms with van der Waals surface area (Å²) in [6.07, 6.45) is 4.80. The van der Waals surface area contributed by atoms with Gasteiger partial charge in [0.2, 0.25) is 27.7 Å². The molecule has 1 N–H and O–H groups in total. The SMILES string of the molecule is CCC(=O)N1CCN(C[C@@H]2CCCN2C(=O)CN2CCC[C@H](NS(=O)(=O)C=Cc3ccc(Cl)s3)C2=O)CC1. The third kappa shape index (κ3) is 7.56. The largest absolute Gasteiger partial charge is 0.340 e. The average Bonchev–Trinajstić information content (AvgIpc) is 3.54. The summed E-state index contributed by atoms with van der Waals surface area (Å²) in [5.41, 5.74) is 0. The molecular formula is C25H36ClN5O5S2. The fraction of sp³-hybridized carbons (Fsp3) is 0.640. The highest BCUT2D eigenvalue weighted by atomic mass is 35.5. The summed E-state index contributed by atoms with van der Waals surface area (Å²) in [5.74, 6) is -0.288. The molecule has 0 saturated carbocycles. The van der Waals surface area contributed by atoms with Gasteiger partial charge in [-0.05, 0) is 43.9 Å². The summed E-state index contributed by atoms with van der Waals surface area (Å²) in [7, 11) is -3.85. The number of halogens is 1. The zero-order valence-corrected chi connectivity index (χ0v) is 24.1. The minimum absolute atomic E-state index is 0.0458. The monoisotopic (exact) mass is 585 g/mol. The standard InChI is InChI=1S/C25H36ClN5O5S2/c1-2-23(32)29-14-12-28(13-15-29)17-19-5-3-11-31(19)24(33)18-30-10-4-6-21(25(30)34)27-38(35,36)16-9-20-7-8-22(26)37-20/h7-9,16,19,21,27H,2-6,10-15,17-18H2,1H3/t19-,21-/m0/s1. The van der Waals surface area contributed by atoms with Gasteiger partial charge in [0.25, 0.3) is 0 Å². The quantitative estimate of drug-likeness (QED) is 0.473. The highest BCUT2D eigenvalue weighted by molar-refractivity contribution is 7.92. The third-order valence-corrected chi connectivity index (χ3v) is 9.67. The number of likely N-dealkylation sites (tertiary alicyclic amines) is 2. The molecule has 0 spiro atoms. The summed E-state index contributed by atoms with van der Waals surface area (Å²) in [4.78, 5) is 46.5. The first-order chi connectivity index (χ1) is 18.1. The molecule has 0 bridgehead atoms. The van der Waals surface area contributed by atoms with E-state index in [1.165, 1.54) is 22.3 Å². The number of sulfonamides is 1. The molecule has 10 nitrogen and oxygen atoms in total. The first-order valence-electron chi connectivity index (χ1n) is 13.2. The van der Waals surface area contributed by atoms with Gasteiger partial charge in [-0.2, -0.15) is 4.72 Å². The Morgan fingerprint density at radius 2 is 1.82 bits per heavy atom. The van der Waals surface area contributed by atoms with E-state index in [-0.39, 0.29) is 30.3 Å². The second-order valence-corrected chi connectivity index (χ2v) is 13.3. The molecule has 0 aromatic carbocycles. The van der Waals surface area contributed by atoms with Crippen molar-refractivity contribution in [3.8, 4) is 0 Å². The fourth-order valence-electron chi connectivity index (χ4n) is 5.33. The highest BCUT2D eigenvalue weighted by Crippen LogP contribution is 2.23. The second kappa shape index (κ2) is 12.9. The zero-order chi connectivity index (χ0) is 27.3. The average molecular weight is 586 g/mol. The zero-order valence-electron chi connectivity index (χ0n) is 21.7. The van der Waals surface area contributed by atoms with Crippen LogP contribution in [0.5, 0.6) is 0 Å². The van der Waals surface area contributed by atoms with Gasteiger partial charge in [-0.1, -0.05) is 18.5 Å². The van der Waals surface area contributed by atoms with Gasteiger partial charge >= 0.3 is 0 Å². The van der Waals surface area contributed by atoms with Gasteiger partial charge in [-0.25, -0.2) is 8.42 Å². The molecule has 0 radical (unpaired) electrons. The molecule has 0 unspecified atom stereocenters. The van der Waals surface area contributed by atoms with Crippen molar-refractivity contribution in [2.45, 2.75) is 51.1 Å². The summed E-state index contributed by atoms with van der Waals surface area (Å²) in [6, 6.07) is 2.60. The van der Waals surface area contributed by atoms with Gasteiger partial charge in [0.05, 0.1) is 10.9 Å². The van der Waals surface area contributed by atoms with Gasteiger partial charge in [0, 0.05) is 68.6 Å². The first kappa shape index (κ1) is 29.0. The van der Waals surface area contributed by atoms with E-state index in [2.05, 4.69) is 9.62 Å². The Bertz CT molecular complexity index is 1150. The molecule has 1 aromatic heterocycles. The van der Waals surface area contributed by atoms with Crippen molar-refractivity contribution in [3.05, 3.63) is 26.8 Å². The summed E-state index contributed by atoms with van der Waals surface area (Å²) < 4.78 is 28.2. The van der Waals surface area contributed by atoms with E-state index in [9.17, 15) is 22.8 Å². The van der Waals surface area contributed by atoms with Crippen LogP contribution in [0.4, 0.5) is 0 Å². The molecule has 210 valence electrons. The van der Waals surface area contributed by atoms with Crippen molar-refractivity contribution in [1.29, 1.82) is 0 Å². The molecular weight excluding hydrogens is 550 g/mol. The Kier molecular flexibility index (Phi) is 9.85. The number of piperidine rings is 1. The lowest BCUT2D eigenvalue weighted by Crippen LogP contribution is -2.56. The van der Waals surface area contributed by atoms with Crippen LogP contribution in [0.15, 0.2) is 17.5 Å². The van der Waals surface area contributed by atoms with Crippen LogP contribution in [0.3, 0.4) is 0 Å². The Morgan fingerprint density at radius 3 is 2.50 bits per heavy atom. The Balaban J connectivity index is 1.29. The topological polar surface area (TPSA) is 110 Å². The predicted molar refractivity (Wildman–Crippen MR) is 148 cm³/mol. The van der Waals surface area contributed by atoms with Gasteiger partial charge in [-0.15, -0.1) is 11.3 Å². The van der Waals surface area contributed by atoms with Crippen LogP contribution in [0, 0.1) is 0 Å². The van der Waals surface area contributed by atoms with E-state index >= 15 is 0 Å². The number of hydrogen-bond acceptors (Lipinski definition) is 7. The first-order valence-corrected chi connectivity index (χ1v) is 15.9. The van der Waals surface area contributed by atoms with E-state index in [0.29, 0.717) is 54.7 Å². The van der Waals surface area contributed by atoms with Gasteiger partial charge in [0.1, 0.15) is 6.04 Å². The molecule has 3 fully saturated rings. The van der Waals surface area contributed by atoms with E-state index in [0.717, 1.165) is 37.9 Å². The minimum Gasteiger partial charge on any atom is -0.340 e. The van der Waals surface area contributed by atoms with Crippen LogP contribution < -0.4 is 4.72 Å². The summed E-state index contributed by atoms with van der Waals surface area (Å²) in [5, 5.41) is 1.04. The van der Waals surface area contributed by atoms with Gasteiger partial charge < -0.3 is 14.7 Å². The molecule has 4 heterocycles. The predicted octanol–water partition coefficient (Wildman–Crippen LogP) is 1.83. The van der Waals surface area contributed by atoms with Gasteiger partial charge in [-0.3, -0.25) is 19.3 Å². The van der Waals surface area contributed by atoms with Crippen molar-refractivity contribution < 1.29 is 22.8 Å². The molecule has 13 heteroatoms. The van der Waals surface area contributed by atoms with Crippen molar-refractivity contribution >= 4 is 56.8 Å². The molecule has 3 saturated heterocycles. The number of hydrogen-bond donors (Lipinski definition) is 1. The summed E-state index contributed by atoms with van der Waals surface area (Å²) >= 11 is 7.15. The smallest absolute Gasteiger partial charge is 0.242 e.